The Kier molecular flexibility index (Phi) is 2.78. The molecule has 19 heavy (non-hydrogen) atoms. The molecule has 2 fully saturated rings. The molecule has 3 heterocycles. The lowest BCUT2D eigenvalue weighted by Gasteiger charge is -2.28. The van der Waals surface area contributed by atoms with Gasteiger partial charge in [0.05, 0.1) is 7.11 Å². The van der Waals surface area contributed by atoms with Crippen LogP contribution >= 0.6 is 11.3 Å². The van der Waals surface area contributed by atoms with E-state index in [0.717, 1.165) is 23.8 Å². The molecule has 2 nitrogen and oxygen atoms in total. The first-order chi connectivity index (χ1) is 9.33. The maximum Gasteiger partial charge on any atom is 0.127 e. The fraction of sp³-hybridized carbons (Fsp3) is 0.500. The van der Waals surface area contributed by atoms with E-state index in [9.17, 15) is 0 Å². The molecule has 0 spiro atoms. The minimum absolute atomic E-state index is 0.751. The Labute approximate surface area is 117 Å². The summed E-state index contributed by atoms with van der Waals surface area (Å²) in [6.07, 6.45) is 5.36. The van der Waals surface area contributed by atoms with Crippen LogP contribution in [0.15, 0.2) is 24.3 Å². The summed E-state index contributed by atoms with van der Waals surface area (Å²) < 4.78 is 6.84. The topological polar surface area (TPSA) is 21.3 Å². The average molecular weight is 273 g/mol. The summed E-state index contributed by atoms with van der Waals surface area (Å²) in [6.45, 7) is 0. The summed E-state index contributed by atoms with van der Waals surface area (Å²) in [4.78, 5) is 1.55. The van der Waals surface area contributed by atoms with Crippen molar-refractivity contribution < 1.29 is 4.74 Å². The monoisotopic (exact) mass is 273 g/mol. The zero-order valence-corrected chi connectivity index (χ0v) is 12.0. The predicted octanol–water partition coefficient (Wildman–Crippen LogP) is 3.91. The Morgan fingerprint density at radius 3 is 2.74 bits per heavy atom. The molecule has 2 unspecified atom stereocenters. The second-order valence-corrected chi connectivity index (χ2v) is 6.94. The number of methoxy groups -OCH3 is 1. The van der Waals surface area contributed by atoms with Gasteiger partial charge in [0.1, 0.15) is 5.75 Å². The van der Waals surface area contributed by atoms with Gasteiger partial charge in [0.15, 0.2) is 0 Å². The highest BCUT2D eigenvalue weighted by Gasteiger charge is 2.34. The smallest absolute Gasteiger partial charge is 0.127 e. The van der Waals surface area contributed by atoms with Crippen LogP contribution in [0.2, 0.25) is 0 Å². The Balaban J connectivity index is 1.71. The van der Waals surface area contributed by atoms with Crippen LogP contribution in [0, 0.1) is 0 Å². The summed E-state index contributed by atoms with van der Waals surface area (Å²) in [7, 11) is 1.76. The van der Waals surface area contributed by atoms with E-state index in [1.54, 1.807) is 12.0 Å². The van der Waals surface area contributed by atoms with E-state index in [0.29, 0.717) is 0 Å². The van der Waals surface area contributed by atoms with Gasteiger partial charge < -0.3 is 10.1 Å². The summed E-state index contributed by atoms with van der Waals surface area (Å²) in [5, 5.41) is 5.01. The number of piperidine rings is 1. The first-order valence-corrected chi connectivity index (χ1v) is 7.97. The lowest BCUT2D eigenvalue weighted by Crippen LogP contribution is -2.36. The van der Waals surface area contributed by atoms with Crippen LogP contribution in [0.5, 0.6) is 5.75 Å². The number of hydrogen-bond acceptors (Lipinski definition) is 3. The molecule has 2 aliphatic heterocycles. The van der Waals surface area contributed by atoms with Crippen molar-refractivity contribution in [3.63, 3.8) is 0 Å². The number of fused-ring (bicyclic) bond motifs is 3. The highest BCUT2D eigenvalue weighted by Crippen LogP contribution is 2.43. The Morgan fingerprint density at radius 2 is 2.00 bits per heavy atom. The molecule has 3 heteroatoms. The van der Waals surface area contributed by atoms with Gasteiger partial charge in [-0.15, -0.1) is 11.3 Å². The molecule has 2 aromatic rings. The average Bonchev–Trinajstić information content (AvgIpc) is 3.01. The van der Waals surface area contributed by atoms with E-state index in [1.807, 2.05) is 11.3 Å². The second-order valence-electron chi connectivity index (χ2n) is 5.83. The Morgan fingerprint density at radius 1 is 1.21 bits per heavy atom. The molecule has 0 radical (unpaired) electrons. The third-order valence-electron chi connectivity index (χ3n) is 4.64. The second kappa shape index (κ2) is 4.50. The van der Waals surface area contributed by atoms with Crippen molar-refractivity contribution in [3.05, 3.63) is 29.1 Å². The minimum Gasteiger partial charge on any atom is -0.496 e. The highest BCUT2D eigenvalue weighted by atomic mass is 32.1. The lowest BCUT2D eigenvalue weighted by molar-refractivity contribution is 0.366. The number of nitrogens with one attached hydrogen (secondary N) is 1. The van der Waals surface area contributed by atoms with E-state index >= 15 is 0 Å². The van der Waals surface area contributed by atoms with Crippen molar-refractivity contribution in [1.82, 2.24) is 5.32 Å². The van der Waals surface area contributed by atoms with E-state index < -0.39 is 0 Å². The van der Waals surface area contributed by atoms with Crippen molar-refractivity contribution in [2.45, 2.75) is 43.7 Å². The van der Waals surface area contributed by atoms with Crippen molar-refractivity contribution in [2.24, 2.45) is 0 Å². The molecule has 100 valence electrons. The van der Waals surface area contributed by atoms with E-state index in [4.69, 9.17) is 4.74 Å². The fourth-order valence-electron chi connectivity index (χ4n) is 3.72. The molecule has 0 amide bonds. The van der Waals surface area contributed by atoms with Crippen molar-refractivity contribution in [3.8, 4) is 5.75 Å². The molecular formula is C16H19NOS. The quantitative estimate of drug-likeness (QED) is 0.896. The molecule has 0 aliphatic carbocycles. The van der Waals surface area contributed by atoms with Crippen LogP contribution in [-0.2, 0) is 0 Å². The van der Waals surface area contributed by atoms with Crippen LogP contribution in [-0.4, -0.2) is 19.2 Å². The standard InChI is InChI=1S/C16H19NOS/c1-18-14-3-2-4-15-13(14)9-16(19-15)10-7-11-5-6-12(8-10)17-11/h2-4,9-12,17H,5-8H2,1H3. The molecule has 4 rings (SSSR count). The predicted molar refractivity (Wildman–Crippen MR) is 80.3 cm³/mol. The molecule has 2 bridgehead atoms. The number of benzene rings is 1. The Bertz CT molecular complexity index is 594. The number of thiophene rings is 1. The number of hydrogen-bond donors (Lipinski definition) is 1. The van der Waals surface area contributed by atoms with Gasteiger partial charge in [-0.25, -0.2) is 0 Å². The van der Waals surface area contributed by atoms with Gasteiger partial charge >= 0.3 is 0 Å². The van der Waals surface area contributed by atoms with Crippen LogP contribution in [0.25, 0.3) is 10.1 Å². The Hall–Kier alpha value is -1.06. The zero-order valence-electron chi connectivity index (χ0n) is 11.2. The normalized spacial score (nSPS) is 29.8. The summed E-state index contributed by atoms with van der Waals surface area (Å²) in [5.74, 6) is 1.76. The van der Waals surface area contributed by atoms with Crippen LogP contribution in [0.1, 0.15) is 36.5 Å². The number of rotatable bonds is 2. The zero-order chi connectivity index (χ0) is 12.8. The van der Waals surface area contributed by atoms with Gasteiger partial charge in [-0.1, -0.05) is 6.07 Å². The van der Waals surface area contributed by atoms with E-state index in [2.05, 4.69) is 29.6 Å². The molecule has 2 atom stereocenters. The maximum absolute atomic E-state index is 5.48. The van der Waals surface area contributed by atoms with Crippen molar-refractivity contribution in [1.29, 1.82) is 0 Å². The molecule has 2 saturated heterocycles. The van der Waals surface area contributed by atoms with Crippen molar-refractivity contribution >= 4 is 21.4 Å². The summed E-state index contributed by atoms with van der Waals surface area (Å²) >= 11 is 1.96. The molecule has 2 aliphatic rings. The fourth-order valence-corrected chi connectivity index (χ4v) is 4.93. The SMILES string of the molecule is COc1cccc2sc(C3CC4CCC(C3)N4)cc12. The molecule has 1 N–H and O–H groups in total. The molecule has 0 saturated carbocycles. The molecular weight excluding hydrogens is 254 g/mol. The van der Waals surface area contributed by atoms with E-state index in [-0.39, 0.29) is 0 Å². The largest absolute Gasteiger partial charge is 0.496 e. The number of ether oxygens (including phenoxy) is 1. The van der Waals surface area contributed by atoms with E-state index in [1.165, 1.54) is 35.8 Å². The highest BCUT2D eigenvalue weighted by molar-refractivity contribution is 7.19. The molecule has 1 aromatic carbocycles. The maximum atomic E-state index is 5.48. The van der Waals surface area contributed by atoms with Gasteiger partial charge in [0, 0.05) is 27.0 Å². The van der Waals surface area contributed by atoms with Crippen molar-refractivity contribution in [2.75, 3.05) is 7.11 Å². The van der Waals surface area contributed by atoms with Gasteiger partial charge in [-0.05, 0) is 49.8 Å². The first-order valence-electron chi connectivity index (χ1n) is 7.16. The van der Waals surface area contributed by atoms with Gasteiger partial charge in [-0.2, -0.15) is 0 Å². The van der Waals surface area contributed by atoms with Gasteiger partial charge in [-0.3, -0.25) is 0 Å². The van der Waals surface area contributed by atoms with Crippen LogP contribution < -0.4 is 10.1 Å². The first kappa shape index (κ1) is 11.7. The lowest BCUT2D eigenvalue weighted by atomic mass is 9.91. The van der Waals surface area contributed by atoms with Gasteiger partial charge in [0.25, 0.3) is 0 Å². The third kappa shape index (κ3) is 1.96. The van der Waals surface area contributed by atoms with Crippen LogP contribution in [0.3, 0.4) is 0 Å². The minimum atomic E-state index is 0.751. The summed E-state index contributed by atoms with van der Waals surface area (Å²) in [6, 6.07) is 10.3. The summed E-state index contributed by atoms with van der Waals surface area (Å²) in [5.41, 5.74) is 0. The van der Waals surface area contributed by atoms with Crippen LogP contribution in [0.4, 0.5) is 0 Å². The molecule has 1 aromatic heterocycles. The third-order valence-corrected chi connectivity index (χ3v) is 5.90. The van der Waals surface area contributed by atoms with Gasteiger partial charge in [0.2, 0.25) is 0 Å².